The summed E-state index contributed by atoms with van der Waals surface area (Å²) in [6.07, 6.45) is 0.218. The second-order valence-electron chi connectivity index (χ2n) is 5.58. The maximum absolute atomic E-state index is 12.7. The van der Waals surface area contributed by atoms with Gasteiger partial charge in [0.05, 0.1) is 23.8 Å². The number of thioether (sulfide) groups is 1. The number of rotatable bonds is 7. The highest BCUT2D eigenvalue weighted by atomic mass is 79.9. The minimum absolute atomic E-state index is 0.0928. The van der Waals surface area contributed by atoms with Crippen molar-refractivity contribution in [2.45, 2.75) is 11.6 Å². The number of anilines is 1. The number of hydrogen-bond donors (Lipinski definition) is 0. The standard InChI is InChI=1S/C19H14BrClN4O2S/c20-16-8-2-1-7-15(16)18-23-24-19(27-18)28-12-17(26)25(10-4-9-22)14-6-3-5-13(21)11-14/h1-3,5-8,11H,4,10,12H2. The Balaban J connectivity index is 1.69. The van der Waals surface area contributed by atoms with E-state index < -0.39 is 0 Å². The summed E-state index contributed by atoms with van der Waals surface area (Å²) in [7, 11) is 0. The Kier molecular flexibility index (Phi) is 7.09. The third-order valence-electron chi connectivity index (χ3n) is 3.70. The molecule has 3 aromatic rings. The molecule has 0 N–H and O–H groups in total. The molecule has 0 saturated carbocycles. The molecule has 0 aliphatic carbocycles. The SMILES string of the molecule is N#CCCN(C(=O)CSc1nnc(-c2ccccc2Br)o1)c1cccc(Cl)c1. The first-order chi connectivity index (χ1) is 13.6. The number of nitrogens with zero attached hydrogens (tertiary/aromatic N) is 4. The Hall–Kier alpha value is -2.34. The first kappa shape index (κ1) is 20.4. The van der Waals surface area contributed by atoms with Crippen molar-refractivity contribution in [3.8, 4) is 17.5 Å². The molecule has 6 nitrogen and oxygen atoms in total. The maximum atomic E-state index is 12.7. The normalized spacial score (nSPS) is 10.5. The van der Waals surface area contributed by atoms with Crippen LogP contribution in [0.15, 0.2) is 62.6 Å². The van der Waals surface area contributed by atoms with Crippen molar-refractivity contribution in [2.24, 2.45) is 0 Å². The number of hydrogen-bond acceptors (Lipinski definition) is 6. The average molecular weight is 478 g/mol. The lowest BCUT2D eigenvalue weighted by Gasteiger charge is -2.21. The highest BCUT2D eigenvalue weighted by Crippen LogP contribution is 2.29. The molecule has 28 heavy (non-hydrogen) atoms. The zero-order valence-corrected chi connectivity index (χ0v) is 17.7. The van der Waals surface area contributed by atoms with Crippen LogP contribution in [0, 0.1) is 11.3 Å². The average Bonchev–Trinajstić information content (AvgIpc) is 3.16. The lowest BCUT2D eigenvalue weighted by atomic mass is 10.2. The molecule has 0 fully saturated rings. The van der Waals surface area contributed by atoms with Crippen molar-refractivity contribution in [2.75, 3.05) is 17.2 Å². The van der Waals surface area contributed by atoms with E-state index in [0.717, 1.165) is 21.8 Å². The van der Waals surface area contributed by atoms with Gasteiger partial charge in [-0.25, -0.2) is 0 Å². The van der Waals surface area contributed by atoms with Gasteiger partial charge < -0.3 is 9.32 Å². The summed E-state index contributed by atoms with van der Waals surface area (Å²) < 4.78 is 6.50. The van der Waals surface area contributed by atoms with Gasteiger partial charge in [-0.15, -0.1) is 10.2 Å². The van der Waals surface area contributed by atoms with Crippen LogP contribution in [0.1, 0.15) is 6.42 Å². The monoisotopic (exact) mass is 476 g/mol. The largest absolute Gasteiger partial charge is 0.411 e. The van der Waals surface area contributed by atoms with Crippen LogP contribution < -0.4 is 4.90 Å². The molecular formula is C19H14BrClN4O2S. The smallest absolute Gasteiger partial charge is 0.277 e. The first-order valence-electron chi connectivity index (χ1n) is 8.22. The summed E-state index contributed by atoms with van der Waals surface area (Å²) >= 11 is 10.6. The van der Waals surface area contributed by atoms with Crippen LogP contribution in [0.3, 0.4) is 0 Å². The van der Waals surface area contributed by atoms with E-state index >= 15 is 0 Å². The van der Waals surface area contributed by atoms with Gasteiger partial charge in [0.25, 0.3) is 5.22 Å². The number of amides is 1. The summed E-state index contributed by atoms with van der Waals surface area (Å²) in [5, 5.41) is 17.7. The van der Waals surface area contributed by atoms with Gasteiger partial charge in [0.15, 0.2) is 0 Å². The van der Waals surface area contributed by atoms with Crippen LogP contribution in [0.5, 0.6) is 0 Å². The number of aromatic nitrogens is 2. The summed E-state index contributed by atoms with van der Waals surface area (Å²) in [6.45, 7) is 0.280. The molecule has 0 radical (unpaired) electrons. The topological polar surface area (TPSA) is 83.0 Å². The molecule has 1 amide bonds. The molecule has 0 aliphatic rings. The van der Waals surface area contributed by atoms with Gasteiger partial charge in [0, 0.05) is 21.7 Å². The fraction of sp³-hybridized carbons (Fsp3) is 0.158. The van der Waals surface area contributed by atoms with Gasteiger partial charge in [-0.1, -0.05) is 41.6 Å². The predicted molar refractivity (Wildman–Crippen MR) is 112 cm³/mol. The molecule has 0 unspecified atom stereocenters. The van der Waals surface area contributed by atoms with Crippen LogP contribution in [0.25, 0.3) is 11.5 Å². The predicted octanol–water partition coefficient (Wildman–Crippen LogP) is 5.19. The van der Waals surface area contributed by atoms with Crippen molar-refractivity contribution in [3.63, 3.8) is 0 Å². The Morgan fingerprint density at radius 1 is 1.25 bits per heavy atom. The third-order valence-corrected chi connectivity index (χ3v) is 5.43. The Morgan fingerprint density at radius 2 is 2.07 bits per heavy atom. The third kappa shape index (κ3) is 5.13. The molecule has 2 aromatic carbocycles. The first-order valence-corrected chi connectivity index (χ1v) is 10.4. The Bertz CT molecular complexity index is 1020. The molecule has 142 valence electrons. The van der Waals surface area contributed by atoms with Gasteiger partial charge >= 0.3 is 0 Å². The number of carbonyl (C=O) groups is 1. The lowest BCUT2D eigenvalue weighted by molar-refractivity contribution is -0.116. The summed E-state index contributed by atoms with van der Waals surface area (Å²) in [6, 6.07) is 16.5. The van der Waals surface area contributed by atoms with Crippen LogP contribution in [-0.4, -0.2) is 28.4 Å². The van der Waals surface area contributed by atoms with Gasteiger partial charge in [-0.05, 0) is 46.3 Å². The van der Waals surface area contributed by atoms with E-state index in [1.807, 2.05) is 24.3 Å². The van der Waals surface area contributed by atoms with Gasteiger partial charge in [0.2, 0.25) is 11.8 Å². The Morgan fingerprint density at radius 3 is 2.82 bits per heavy atom. The second kappa shape index (κ2) is 9.73. The number of nitriles is 1. The van der Waals surface area contributed by atoms with E-state index in [4.69, 9.17) is 21.3 Å². The molecular weight excluding hydrogens is 464 g/mol. The summed E-state index contributed by atoms with van der Waals surface area (Å²) in [5.41, 5.74) is 1.43. The van der Waals surface area contributed by atoms with Crippen molar-refractivity contribution < 1.29 is 9.21 Å². The van der Waals surface area contributed by atoms with Gasteiger partial charge in [-0.2, -0.15) is 5.26 Å². The quantitative estimate of drug-likeness (QED) is 0.435. The van der Waals surface area contributed by atoms with Crippen molar-refractivity contribution in [1.82, 2.24) is 10.2 Å². The number of benzene rings is 2. The molecule has 0 saturated heterocycles. The molecule has 1 aromatic heterocycles. The molecule has 0 spiro atoms. The Labute approximate surface area is 179 Å². The molecule has 3 rings (SSSR count). The van der Waals surface area contributed by atoms with E-state index in [1.54, 1.807) is 24.3 Å². The van der Waals surface area contributed by atoms with Crippen molar-refractivity contribution in [3.05, 3.63) is 58.0 Å². The van der Waals surface area contributed by atoms with Crippen molar-refractivity contribution in [1.29, 1.82) is 5.26 Å². The van der Waals surface area contributed by atoms with E-state index in [0.29, 0.717) is 21.8 Å². The zero-order chi connectivity index (χ0) is 19.9. The number of halogens is 2. The van der Waals surface area contributed by atoms with E-state index in [1.165, 1.54) is 4.90 Å². The summed E-state index contributed by atoms with van der Waals surface area (Å²) in [5.74, 6) is 0.289. The van der Waals surface area contributed by atoms with Crippen LogP contribution in [0.4, 0.5) is 5.69 Å². The molecule has 9 heteroatoms. The maximum Gasteiger partial charge on any atom is 0.277 e. The molecule has 1 heterocycles. The minimum atomic E-state index is -0.178. The highest BCUT2D eigenvalue weighted by Gasteiger charge is 2.18. The van der Waals surface area contributed by atoms with Gasteiger partial charge in [0.1, 0.15) is 0 Å². The molecule has 0 atom stereocenters. The van der Waals surface area contributed by atoms with E-state index in [9.17, 15) is 4.79 Å². The molecule has 0 bridgehead atoms. The van der Waals surface area contributed by atoms with Crippen molar-refractivity contribution >= 4 is 50.9 Å². The van der Waals surface area contributed by atoms with Crippen LogP contribution in [-0.2, 0) is 4.79 Å². The van der Waals surface area contributed by atoms with Crippen LogP contribution in [0.2, 0.25) is 5.02 Å². The van der Waals surface area contributed by atoms with Crippen LogP contribution >= 0.6 is 39.3 Å². The molecule has 0 aliphatic heterocycles. The summed E-state index contributed by atoms with van der Waals surface area (Å²) in [4.78, 5) is 14.3. The highest BCUT2D eigenvalue weighted by molar-refractivity contribution is 9.10. The minimum Gasteiger partial charge on any atom is -0.411 e. The number of carbonyl (C=O) groups excluding carboxylic acids is 1. The lowest BCUT2D eigenvalue weighted by Crippen LogP contribution is -2.33. The van der Waals surface area contributed by atoms with Gasteiger partial charge in [-0.3, -0.25) is 4.79 Å². The zero-order valence-electron chi connectivity index (χ0n) is 14.5. The fourth-order valence-corrected chi connectivity index (χ4v) is 3.69. The second-order valence-corrected chi connectivity index (χ2v) is 7.79. The van der Waals surface area contributed by atoms with E-state index in [2.05, 4.69) is 32.2 Å². The fourth-order valence-electron chi connectivity index (χ4n) is 2.42. The van der Waals surface area contributed by atoms with E-state index in [-0.39, 0.29) is 24.6 Å².